The van der Waals surface area contributed by atoms with Crippen molar-refractivity contribution in [2.45, 2.75) is 25.6 Å². The minimum Gasteiger partial charge on any atom is -0.464 e. The Morgan fingerprint density at radius 2 is 1.78 bits per heavy atom. The summed E-state index contributed by atoms with van der Waals surface area (Å²) in [6.45, 7) is 2.11. The van der Waals surface area contributed by atoms with Crippen LogP contribution in [0.5, 0.6) is 5.75 Å². The van der Waals surface area contributed by atoms with Crippen molar-refractivity contribution in [3.8, 4) is 5.75 Å². The van der Waals surface area contributed by atoms with E-state index in [2.05, 4.69) is 76.4 Å². The van der Waals surface area contributed by atoms with Gasteiger partial charge in [0.25, 0.3) is 0 Å². The van der Waals surface area contributed by atoms with E-state index in [4.69, 9.17) is 9.84 Å². The van der Waals surface area contributed by atoms with Gasteiger partial charge in [0.15, 0.2) is 0 Å². The van der Waals surface area contributed by atoms with E-state index >= 15 is 0 Å². The Balaban J connectivity index is 1.60. The van der Waals surface area contributed by atoms with Gasteiger partial charge in [-0.05, 0) is 30.7 Å². The highest BCUT2D eigenvalue weighted by Gasteiger charge is 2.40. The summed E-state index contributed by atoms with van der Waals surface area (Å²) in [6.07, 6.45) is 0.659. The monoisotopic (exact) mass is 418 g/mol. The van der Waals surface area contributed by atoms with E-state index in [1.807, 2.05) is 24.3 Å². The first-order valence-electron chi connectivity index (χ1n) is 9.13. The number of aryl methyl sites for hydroxylation is 1. The molecule has 3 aromatic rings. The van der Waals surface area contributed by atoms with Gasteiger partial charge in [0.05, 0.1) is 11.8 Å². The molecule has 0 saturated carbocycles. The van der Waals surface area contributed by atoms with E-state index in [-0.39, 0.29) is 12.3 Å². The fourth-order valence-electron chi connectivity index (χ4n) is 3.82. The molecule has 3 aromatic carbocycles. The molecule has 134 valence electrons. The molecule has 0 spiro atoms. The number of fused-ring (bicyclic) bond motifs is 3. The molecule has 2 atom stereocenters. The van der Waals surface area contributed by atoms with Crippen molar-refractivity contribution in [3.63, 3.8) is 0 Å². The van der Waals surface area contributed by atoms with Crippen molar-refractivity contribution in [1.29, 1.82) is 0 Å². The second kappa shape index (κ2) is 6.54. The van der Waals surface area contributed by atoms with Crippen LogP contribution in [-0.4, -0.2) is 10.7 Å². The van der Waals surface area contributed by atoms with Gasteiger partial charge in [-0.3, -0.25) is 0 Å². The third kappa shape index (κ3) is 2.94. The number of hydrogen-bond acceptors (Lipinski definition) is 3. The van der Waals surface area contributed by atoms with Crippen LogP contribution in [0.2, 0.25) is 0 Å². The van der Waals surface area contributed by atoms with Gasteiger partial charge in [-0.1, -0.05) is 76.1 Å². The van der Waals surface area contributed by atoms with Gasteiger partial charge in [-0.2, -0.15) is 5.10 Å². The lowest BCUT2D eigenvalue weighted by Crippen LogP contribution is -2.33. The van der Waals surface area contributed by atoms with Gasteiger partial charge < -0.3 is 4.74 Å². The van der Waals surface area contributed by atoms with Gasteiger partial charge >= 0.3 is 0 Å². The molecule has 2 aliphatic heterocycles. The van der Waals surface area contributed by atoms with Crippen molar-refractivity contribution in [3.05, 3.63) is 99.5 Å². The number of hydrazone groups is 1. The first-order chi connectivity index (χ1) is 13.2. The number of rotatable bonds is 2. The molecule has 0 radical (unpaired) electrons. The van der Waals surface area contributed by atoms with E-state index in [0.717, 1.165) is 27.9 Å². The predicted molar refractivity (Wildman–Crippen MR) is 111 cm³/mol. The molecule has 0 bridgehead atoms. The average molecular weight is 419 g/mol. The zero-order valence-corrected chi connectivity index (χ0v) is 16.6. The van der Waals surface area contributed by atoms with E-state index in [0.29, 0.717) is 0 Å². The molecular formula is C23H19BrN2O. The van der Waals surface area contributed by atoms with Crippen molar-refractivity contribution < 1.29 is 4.74 Å². The van der Waals surface area contributed by atoms with Crippen molar-refractivity contribution in [1.82, 2.24) is 5.01 Å². The van der Waals surface area contributed by atoms with Gasteiger partial charge in [0, 0.05) is 22.0 Å². The zero-order chi connectivity index (χ0) is 18.4. The molecule has 0 aromatic heterocycles. The number of ether oxygens (including phenoxy) is 1. The maximum atomic E-state index is 6.39. The first kappa shape index (κ1) is 16.6. The number of halogens is 1. The summed E-state index contributed by atoms with van der Waals surface area (Å²) in [6, 6.07) is 25.3. The minimum atomic E-state index is -0.215. The molecule has 0 unspecified atom stereocenters. The van der Waals surface area contributed by atoms with E-state index < -0.39 is 0 Å². The van der Waals surface area contributed by atoms with Crippen LogP contribution in [0.3, 0.4) is 0 Å². The normalized spacial score (nSPS) is 20.5. The van der Waals surface area contributed by atoms with Crippen molar-refractivity contribution >= 4 is 21.6 Å². The average Bonchev–Trinajstić information content (AvgIpc) is 3.14. The maximum absolute atomic E-state index is 6.39. The summed E-state index contributed by atoms with van der Waals surface area (Å²) in [4.78, 5) is 0. The zero-order valence-electron chi connectivity index (χ0n) is 15.0. The van der Waals surface area contributed by atoms with Crippen LogP contribution in [0.4, 0.5) is 0 Å². The number of nitrogens with zero attached hydrogens (tertiary/aromatic N) is 2. The van der Waals surface area contributed by atoms with Crippen molar-refractivity contribution in [2.75, 3.05) is 0 Å². The van der Waals surface area contributed by atoms with Crippen LogP contribution in [0.25, 0.3) is 0 Å². The summed E-state index contributed by atoms with van der Waals surface area (Å²) < 4.78 is 7.45. The maximum Gasteiger partial charge on any atom is 0.213 e. The standard InChI is InChI=1S/C23H19BrN2O/c1-15-7-9-16(10-8-15)20-14-21-19-13-18(24)11-12-22(19)27-23(26(21)25-20)17-5-3-2-4-6-17/h2-13,21,23H,14H2,1H3/t21-,23+/m1/s1. The van der Waals surface area contributed by atoms with E-state index in [1.165, 1.54) is 16.7 Å². The third-order valence-corrected chi connectivity index (χ3v) is 5.71. The van der Waals surface area contributed by atoms with Gasteiger partial charge in [-0.25, -0.2) is 5.01 Å². The molecule has 0 fully saturated rings. The van der Waals surface area contributed by atoms with Crippen LogP contribution < -0.4 is 4.74 Å². The molecule has 0 aliphatic carbocycles. The van der Waals surface area contributed by atoms with Gasteiger partial charge in [0.2, 0.25) is 6.23 Å². The van der Waals surface area contributed by atoms with Crippen LogP contribution in [0.15, 0.2) is 82.4 Å². The largest absolute Gasteiger partial charge is 0.464 e. The highest BCUT2D eigenvalue weighted by molar-refractivity contribution is 9.10. The Labute approximate surface area is 167 Å². The fourth-order valence-corrected chi connectivity index (χ4v) is 4.19. The van der Waals surface area contributed by atoms with Crippen LogP contribution in [-0.2, 0) is 0 Å². The summed E-state index contributed by atoms with van der Waals surface area (Å²) in [5.41, 5.74) is 5.85. The quantitative estimate of drug-likeness (QED) is 0.509. The predicted octanol–water partition coefficient (Wildman–Crippen LogP) is 6.00. The Morgan fingerprint density at radius 1 is 1.00 bits per heavy atom. The third-order valence-electron chi connectivity index (χ3n) is 5.22. The number of benzene rings is 3. The Kier molecular flexibility index (Phi) is 4.01. The molecule has 0 saturated heterocycles. The second-order valence-electron chi connectivity index (χ2n) is 7.08. The molecule has 2 aliphatic rings. The molecular weight excluding hydrogens is 400 g/mol. The van der Waals surface area contributed by atoms with E-state index in [9.17, 15) is 0 Å². The molecule has 2 heterocycles. The molecule has 4 heteroatoms. The second-order valence-corrected chi connectivity index (χ2v) is 7.99. The Bertz CT molecular complexity index is 1010. The van der Waals surface area contributed by atoms with Gasteiger partial charge in [0.1, 0.15) is 5.75 Å². The van der Waals surface area contributed by atoms with Crippen LogP contribution in [0, 0.1) is 6.92 Å². The van der Waals surface area contributed by atoms with Crippen LogP contribution >= 0.6 is 15.9 Å². The first-order valence-corrected chi connectivity index (χ1v) is 9.92. The van der Waals surface area contributed by atoms with Crippen molar-refractivity contribution in [2.24, 2.45) is 5.10 Å². The summed E-state index contributed by atoms with van der Waals surface area (Å²) in [5.74, 6) is 0.939. The molecule has 27 heavy (non-hydrogen) atoms. The Morgan fingerprint density at radius 3 is 2.56 bits per heavy atom. The minimum absolute atomic E-state index is 0.174. The highest BCUT2D eigenvalue weighted by atomic mass is 79.9. The lowest BCUT2D eigenvalue weighted by molar-refractivity contribution is -0.0190. The molecule has 3 nitrogen and oxygen atoms in total. The summed E-state index contributed by atoms with van der Waals surface area (Å²) in [7, 11) is 0. The lowest BCUT2D eigenvalue weighted by atomic mass is 9.95. The summed E-state index contributed by atoms with van der Waals surface area (Å²) >= 11 is 3.60. The van der Waals surface area contributed by atoms with E-state index in [1.54, 1.807) is 0 Å². The molecule has 0 N–H and O–H groups in total. The SMILES string of the molecule is Cc1ccc(C2=NN3[C@H](C2)c2cc(Br)ccc2O[C@H]3c2ccccc2)cc1. The highest BCUT2D eigenvalue weighted by Crippen LogP contribution is 2.48. The number of hydrogen-bond donors (Lipinski definition) is 0. The topological polar surface area (TPSA) is 24.8 Å². The smallest absolute Gasteiger partial charge is 0.213 e. The van der Waals surface area contributed by atoms with Gasteiger partial charge in [-0.15, -0.1) is 0 Å². The molecule has 5 rings (SSSR count). The van der Waals surface area contributed by atoms with Crippen LogP contribution in [0.1, 0.15) is 40.9 Å². The molecule has 0 amide bonds. The Hall–Kier alpha value is -2.59. The fraction of sp³-hybridized carbons (Fsp3) is 0.174. The lowest BCUT2D eigenvalue weighted by Gasteiger charge is -2.38. The summed E-state index contributed by atoms with van der Waals surface area (Å²) in [5, 5.41) is 7.13.